The van der Waals surface area contributed by atoms with E-state index in [0.717, 1.165) is 11.4 Å². The number of aryl methyl sites for hydroxylation is 2. The lowest BCUT2D eigenvalue weighted by Crippen LogP contribution is -2.37. The van der Waals surface area contributed by atoms with Crippen LogP contribution in [-0.2, 0) is 0 Å². The standard InChI is InChI=1S/C10H18N6O/c1-7-8(2)14-15-9(13-7)11-5-6-12-10(17)16(3)4/h5-6H2,1-4H3,(H,12,17)(H,11,13,15). The molecule has 0 aliphatic heterocycles. The molecule has 1 aromatic rings. The van der Waals surface area contributed by atoms with E-state index in [-0.39, 0.29) is 6.03 Å². The molecule has 0 aliphatic rings. The van der Waals surface area contributed by atoms with E-state index in [1.807, 2.05) is 13.8 Å². The molecule has 17 heavy (non-hydrogen) atoms. The fraction of sp³-hybridized carbons (Fsp3) is 0.600. The second-order valence-electron chi connectivity index (χ2n) is 3.86. The van der Waals surface area contributed by atoms with Crippen LogP contribution in [0.25, 0.3) is 0 Å². The Balaban J connectivity index is 2.31. The average molecular weight is 238 g/mol. The maximum atomic E-state index is 11.2. The van der Waals surface area contributed by atoms with Gasteiger partial charge in [0.05, 0.1) is 11.4 Å². The van der Waals surface area contributed by atoms with E-state index in [4.69, 9.17) is 0 Å². The van der Waals surface area contributed by atoms with E-state index in [2.05, 4.69) is 25.8 Å². The summed E-state index contributed by atoms with van der Waals surface area (Å²) in [4.78, 5) is 16.9. The van der Waals surface area contributed by atoms with Crippen molar-refractivity contribution in [3.63, 3.8) is 0 Å². The maximum Gasteiger partial charge on any atom is 0.316 e. The first-order chi connectivity index (χ1) is 8.00. The monoisotopic (exact) mass is 238 g/mol. The van der Waals surface area contributed by atoms with E-state index in [0.29, 0.717) is 19.0 Å². The van der Waals surface area contributed by atoms with Gasteiger partial charge in [0, 0.05) is 27.2 Å². The highest BCUT2D eigenvalue weighted by Gasteiger charge is 2.02. The molecule has 1 heterocycles. The summed E-state index contributed by atoms with van der Waals surface area (Å²) in [6.45, 7) is 4.80. The van der Waals surface area contributed by atoms with E-state index in [9.17, 15) is 4.79 Å². The van der Waals surface area contributed by atoms with E-state index < -0.39 is 0 Å². The summed E-state index contributed by atoms with van der Waals surface area (Å²) in [5.41, 5.74) is 1.66. The van der Waals surface area contributed by atoms with Crippen LogP contribution in [0.15, 0.2) is 0 Å². The largest absolute Gasteiger partial charge is 0.351 e. The number of carbonyl (C=O) groups is 1. The molecule has 7 heteroatoms. The molecule has 94 valence electrons. The summed E-state index contributed by atoms with van der Waals surface area (Å²) >= 11 is 0. The van der Waals surface area contributed by atoms with Gasteiger partial charge in [0.1, 0.15) is 0 Å². The highest BCUT2D eigenvalue weighted by atomic mass is 16.2. The molecule has 0 radical (unpaired) electrons. The molecule has 0 atom stereocenters. The Bertz CT molecular complexity index is 392. The molecule has 0 aromatic carbocycles. The van der Waals surface area contributed by atoms with Crippen LogP contribution in [0, 0.1) is 13.8 Å². The minimum Gasteiger partial charge on any atom is -0.351 e. The van der Waals surface area contributed by atoms with Gasteiger partial charge in [-0.25, -0.2) is 9.78 Å². The van der Waals surface area contributed by atoms with E-state index >= 15 is 0 Å². The Morgan fingerprint density at radius 3 is 2.47 bits per heavy atom. The van der Waals surface area contributed by atoms with Crippen LogP contribution in [0.1, 0.15) is 11.4 Å². The first kappa shape index (κ1) is 13.1. The summed E-state index contributed by atoms with van der Waals surface area (Å²) < 4.78 is 0. The zero-order valence-corrected chi connectivity index (χ0v) is 10.6. The van der Waals surface area contributed by atoms with Gasteiger partial charge in [0.15, 0.2) is 0 Å². The fourth-order valence-electron chi connectivity index (χ4n) is 1.03. The van der Waals surface area contributed by atoms with Gasteiger partial charge in [0.25, 0.3) is 0 Å². The molecule has 0 unspecified atom stereocenters. The Hall–Kier alpha value is -1.92. The van der Waals surface area contributed by atoms with Crippen LogP contribution in [-0.4, -0.2) is 53.3 Å². The lowest BCUT2D eigenvalue weighted by Gasteiger charge is -2.12. The molecule has 0 spiro atoms. The quantitative estimate of drug-likeness (QED) is 0.731. The molecule has 0 fully saturated rings. The number of hydrogen-bond acceptors (Lipinski definition) is 5. The van der Waals surface area contributed by atoms with Crippen LogP contribution in [0.4, 0.5) is 10.7 Å². The Morgan fingerprint density at radius 2 is 1.88 bits per heavy atom. The van der Waals surface area contributed by atoms with Crippen molar-refractivity contribution in [3.8, 4) is 0 Å². The lowest BCUT2D eigenvalue weighted by atomic mass is 10.4. The van der Waals surface area contributed by atoms with Gasteiger partial charge in [-0.05, 0) is 13.8 Å². The van der Waals surface area contributed by atoms with Gasteiger partial charge >= 0.3 is 6.03 Å². The molecular formula is C10H18N6O. The number of hydrogen-bond donors (Lipinski definition) is 2. The fourth-order valence-corrected chi connectivity index (χ4v) is 1.03. The third-order valence-corrected chi connectivity index (χ3v) is 2.18. The molecule has 7 nitrogen and oxygen atoms in total. The van der Waals surface area contributed by atoms with Crippen molar-refractivity contribution in [2.24, 2.45) is 0 Å². The van der Waals surface area contributed by atoms with Gasteiger partial charge in [-0.15, -0.1) is 5.10 Å². The third kappa shape index (κ3) is 4.21. The van der Waals surface area contributed by atoms with Gasteiger partial charge < -0.3 is 15.5 Å². The summed E-state index contributed by atoms with van der Waals surface area (Å²) in [6, 6.07) is -0.120. The summed E-state index contributed by atoms with van der Waals surface area (Å²) in [5.74, 6) is 0.479. The Kier molecular flexibility index (Phi) is 4.62. The second kappa shape index (κ2) is 5.97. The van der Waals surface area contributed by atoms with Crippen molar-refractivity contribution in [2.45, 2.75) is 13.8 Å². The SMILES string of the molecule is Cc1nnc(NCCNC(=O)N(C)C)nc1C. The zero-order chi connectivity index (χ0) is 12.8. The minimum absolute atomic E-state index is 0.120. The number of rotatable bonds is 4. The molecule has 0 saturated carbocycles. The third-order valence-electron chi connectivity index (χ3n) is 2.18. The molecule has 1 rings (SSSR count). The van der Waals surface area contributed by atoms with Crippen molar-refractivity contribution < 1.29 is 4.79 Å². The molecule has 2 amide bonds. The van der Waals surface area contributed by atoms with Crippen molar-refractivity contribution in [1.82, 2.24) is 25.4 Å². The van der Waals surface area contributed by atoms with Crippen molar-refractivity contribution >= 4 is 12.0 Å². The summed E-state index contributed by atoms with van der Waals surface area (Å²) in [6.07, 6.45) is 0. The number of anilines is 1. The number of nitrogens with one attached hydrogen (secondary N) is 2. The van der Waals surface area contributed by atoms with Gasteiger partial charge in [0.2, 0.25) is 5.95 Å². The van der Waals surface area contributed by atoms with Crippen molar-refractivity contribution in [3.05, 3.63) is 11.4 Å². The average Bonchev–Trinajstić information content (AvgIpc) is 2.28. The number of nitrogens with zero attached hydrogens (tertiary/aromatic N) is 4. The Labute approximate surface area is 101 Å². The minimum atomic E-state index is -0.120. The first-order valence-corrected chi connectivity index (χ1v) is 5.37. The Morgan fingerprint density at radius 1 is 1.18 bits per heavy atom. The van der Waals surface area contributed by atoms with Crippen LogP contribution >= 0.6 is 0 Å². The summed E-state index contributed by atoms with van der Waals surface area (Å²) in [5, 5.41) is 13.6. The lowest BCUT2D eigenvalue weighted by molar-refractivity contribution is 0.218. The summed E-state index contributed by atoms with van der Waals surface area (Å²) in [7, 11) is 3.39. The van der Waals surface area contributed by atoms with Gasteiger partial charge in [-0.2, -0.15) is 5.10 Å². The topological polar surface area (TPSA) is 83.0 Å². The molecule has 0 saturated heterocycles. The van der Waals surface area contributed by atoms with Crippen molar-refractivity contribution in [2.75, 3.05) is 32.5 Å². The number of carbonyl (C=O) groups excluding carboxylic acids is 1. The molecule has 1 aromatic heterocycles. The van der Waals surface area contributed by atoms with E-state index in [1.54, 1.807) is 14.1 Å². The first-order valence-electron chi connectivity index (χ1n) is 5.37. The smallest absolute Gasteiger partial charge is 0.316 e. The van der Waals surface area contributed by atoms with Crippen LogP contribution in [0.2, 0.25) is 0 Å². The molecule has 2 N–H and O–H groups in total. The molecule has 0 bridgehead atoms. The highest BCUT2D eigenvalue weighted by Crippen LogP contribution is 2.00. The second-order valence-corrected chi connectivity index (χ2v) is 3.86. The van der Waals surface area contributed by atoms with Crippen LogP contribution < -0.4 is 10.6 Å². The molecular weight excluding hydrogens is 220 g/mol. The number of urea groups is 1. The maximum absolute atomic E-state index is 11.2. The van der Waals surface area contributed by atoms with Gasteiger partial charge in [-0.3, -0.25) is 0 Å². The highest BCUT2D eigenvalue weighted by molar-refractivity contribution is 5.73. The van der Waals surface area contributed by atoms with Crippen LogP contribution in [0.5, 0.6) is 0 Å². The predicted molar refractivity (Wildman–Crippen MR) is 64.9 cm³/mol. The van der Waals surface area contributed by atoms with Crippen LogP contribution in [0.3, 0.4) is 0 Å². The number of aromatic nitrogens is 3. The van der Waals surface area contributed by atoms with E-state index in [1.165, 1.54) is 4.90 Å². The van der Waals surface area contributed by atoms with Gasteiger partial charge in [-0.1, -0.05) is 0 Å². The normalized spacial score (nSPS) is 9.88. The van der Waals surface area contributed by atoms with Crippen molar-refractivity contribution in [1.29, 1.82) is 0 Å². The number of amides is 2. The zero-order valence-electron chi connectivity index (χ0n) is 10.6. The molecule has 0 aliphatic carbocycles. The predicted octanol–water partition coefficient (Wildman–Crippen LogP) is 0.172.